The van der Waals surface area contributed by atoms with E-state index < -0.39 is 23.7 Å². The van der Waals surface area contributed by atoms with Crippen LogP contribution in [0.4, 0.5) is 4.79 Å². The number of ether oxygens (including phenoxy) is 3. The van der Waals surface area contributed by atoms with Crippen molar-refractivity contribution in [3.8, 4) is 17.2 Å². The summed E-state index contributed by atoms with van der Waals surface area (Å²) in [6.07, 6.45) is 1.53. The van der Waals surface area contributed by atoms with E-state index in [2.05, 4.69) is 0 Å². The third kappa shape index (κ3) is 4.58. The van der Waals surface area contributed by atoms with E-state index in [0.29, 0.717) is 27.6 Å². The van der Waals surface area contributed by atoms with Gasteiger partial charge in [0.25, 0.3) is 11.1 Å². The number of benzene rings is 2. The van der Waals surface area contributed by atoms with Crippen LogP contribution in [0.5, 0.6) is 17.2 Å². The summed E-state index contributed by atoms with van der Waals surface area (Å²) in [5, 5.41) is 8.79. The number of hydrogen-bond acceptors (Lipinski definition) is 7. The first-order valence-corrected chi connectivity index (χ1v) is 10.4. The molecule has 1 fully saturated rings. The van der Waals surface area contributed by atoms with Gasteiger partial charge >= 0.3 is 5.97 Å². The van der Waals surface area contributed by atoms with Crippen LogP contribution in [-0.4, -0.2) is 40.5 Å². The lowest BCUT2D eigenvalue weighted by Gasteiger charge is -2.14. The number of aliphatic carboxylic acids is 1. The summed E-state index contributed by atoms with van der Waals surface area (Å²) in [6, 6.07) is 7.85. The van der Waals surface area contributed by atoms with Crippen LogP contribution in [0.3, 0.4) is 0 Å². The molecule has 2 aromatic carbocycles. The Hall–Kier alpha value is -2.88. The van der Waals surface area contributed by atoms with Crippen molar-refractivity contribution in [2.75, 3.05) is 13.4 Å². The first kappa shape index (κ1) is 21.4. The highest BCUT2D eigenvalue weighted by molar-refractivity contribution is 8.18. The van der Waals surface area contributed by atoms with Crippen molar-refractivity contribution in [1.82, 2.24) is 4.90 Å². The van der Waals surface area contributed by atoms with Gasteiger partial charge in [-0.1, -0.05) is 29.3 Å². The molecule has 0 bridgehead atoms. The van der Waals surface area contributed by atoms with Gasteiger partial charge in [0.05, 0.1) is 16.5 Å². The van der Waals surface area contributed by atoms with Crippen LogP contribution in [0.2, 0.25) is 10.0 Å². The number of thioether (sulfide) groups is 1. The molecule has 0 aromatic heterocycles. The molecule has 11 heteroatoms. The molecule has 0 aliphatic carbocycles. The highest BCUT2D eigenvalue weighted by atomic mass is 35.5. The summed E-state index contributed by atoms with van der Waals surface area (Å²) in [4.78, 5) is 37.1. The molecule has 4 rings (SSSR count). The number of carbonyl (C=O) groups is 3. The van der Waals surface area contributed by atoms with E-state index >= 15 is 0 Å². The SMILES string of the molecule is O=C(O)COc1ccc(/C=C2\SC(=O)N(Cc3cc4c(cc3Cl)OCO4)C2=O)cc1Cl. The van der Waals surface area contributed by atoms with Gasteiger partial charge in [0.1, 0.15) is 5.75 Å². The molecule has 1 N–H and O–H groups in total. The maximum atomic E-state index is 12.8. The quantitative estimate of drug-likeness (QED) is 0.604. The van der Waals surface area contributed by atoms with E-state index in [1.165, 1.54) is 18.2 Å². The molecule has 2 aliphatic rings. The van der Waals surface area contributed by atoms with E-state index in [4.69, 9.17) is 42.5 Å². The molecule has 8 nitrogen and oxygen atoms in total. The third-order valence-electron chi connectivity index (χ3n) is 4.35. The van der Waals surface area contributed by atoms with Crippen molar-refractivity contribution in [2.24, 2.45) is 0 Å². The van der Waals surface area contributed by atoms with Gasteiger partial charge in [-0.3, -0.25) is 14.5 Å². The number of fused-ring (bicyclic) bond motifs is 1. The Bertz CT molecular complexity index is 1130. The Morgan fingerprint density at radius 1 is 1.16 bits per heavy atom. The Morgan fingerprint density at radius 3 is 2.61 bits per heavy atom. The average molecular weight is 482 g/mol. The van der Waals surface area contributed by atoms with Crippen molar-refractivity contribution in [3.63, 3.8) is 0 Å². The maximum absolute atomic E-state index is 12.8. The van der Waals surface area contributed by atoms with E-state index in [-0.39, 0.29) is 29.0 Å². The van der Waals surface area contributed by atoms with E-state index in [9.17, 15) is 14.4 Å². The Kier molecular flexibility index (Phi) is 5.99. The molecule has 1 saturated heterocycles. The molecule has 2 aromatic rings. The number of carboxylic acid groups (broad SMARTS) is 1. The van der Waals surface area contributed by atoms with Crippen molar-refractivity contribution in [1.29, 1.82) is 0 Å². The number of nitrogens with zero attached hydrogens (tertiary/aromatic N) is 1. The Balaban J connectivity index is 1.51. The zero-order valence-corrected chi connectivity index (χ0v) is 17.9. The molecule has 2 amide bonds. The van der Waals surface area contributed by atoms with Crippen LogP contribution in [0.1, 0.15) is 11.1 Å². The molecule has 0 unspecified atom stereocenters. The number of imide groups is 1. The second-order valence-corrected chi connectivity index (χ2v) is 8.24. The van der Waals surface area contributed by atoms with Gasteiger partial charge in [-0.05, 0) is 47.2 Å². The van der Waals surface area contributed by atoms with Crippen LogP contribution >= 0.6 is 35.0 Å². The van der Waals surface area contributed by atoms with Gasteiger partial charge in [0.15, 0.2) is 18.1 Å². The molecular formula is C20H13Cl2NO7S. The summed E-state index contributed by atoms with van der Waals surface area (Å²) < 4.78 is 15.7. The summed E-state index contributed by atoms with van der Waals surface area (Å²) in [5.41, 5.74) is 1.11. The number of halogens is 2. The van der Waals surface area contributed by atoms with Gasteiger partial charge in [0, 0.05) is 11.1 Å². The van der Waals surface area contributed by atoms with Crippen molar-refractivity contribution in [3.05, 3.63) is 56.4 Å². The van der Waals surface area contributed by atoms with Crippen LogP contribution in [0.15, 0.2) is 35.2 Å². The van der Waals surface area contributed by atoms with E-state index in [1.54, 1.807) is 18.2 Å². The molecule has 2 aliphatic heterocycles. The number of rotatable bonds is 6. The standard InChI is InChI=1S/C20H13Cl2NO7S/c21-12-6-16-15(29-9-30-16)5-11(12)7-23-19(26)17(31-20(23)27)4-10-1-2-14(13(22)3-10)28-8-18(24)25/h1-6H,7-9H2,(H,24,25)/b17-4-. The largest absolute Gasteiger partial charge is 0.480 e. The minimum Gasteiger partial charge on any atom is -0.480 e. The Morgan fingerprint density at radius 2 is 1.90 bits per heavy atom. The van der Waals surface area contributed by atoms with Gasteiger partial charge in [-0.15, -0.1) is 0 Å². The van der Waals surface area contributed by atoms with Gasteiger partial charge in [-0.25, -0.2) is 4.79 Å². The fourth-order valence-electron chi connectivity index (χ4n) is 2.90. The van der Waals surface area contributed by atoms with Gasteiger partial charge in [-0.2, -0.15) is 0 Å². The fourth-order valence-corrected chi connectivity index (χ4v) is 4.20. The van der Waals surface area contributed by atoms with Gasteiger partial charge < -0.3 is 19.3 Å². The number of carbonyl (C=O) groups excluding carboxylic acids is 2. The molecule has 0 spiro atoms. The van der Waals surface area contributed by atoms with Crippen LogP contribution < -0.4 is 14.2 Å². The van der Waals surface area contributed by atoms with Crippen molar-refractivity contribution in [2.45, 2.75) is 6.54 Å². The molecule has 160 valence electrons. The van der Waals surface area contributed by atoms with Crippen molar-refractivity contribution < 1.29 is 33.7 Å². The number of carboxylic acids is 1. The minimum atomic E-state index is -1.13. The normalized spacial score (nSPS) is 16.3. The van der Waals surface area contributed by atoms with Crippen LogP contribution in [-0.2, 0) is 16.1 Å². The van der Waals surface area contributed by atoms with Crippen LogP contribution in [0.25, 0.3) is 6.08 Å². The first-order chi connectivity index (χ1) is 14.8. The highest BCUT2D eigenvalue weighted by Crippen LogP contribution is 2.39. The Labute approximate surface area is 190 Å². The third-order valence-corrected chi connectivity index (χ3v) is 5.90. The van der Waals surface area contributed by atoms with Gasteiger partial charge in [0.2, 0.25) is 6.79 Å². The molecule has 0 radical (unpaired) electrons. The predicted octanol–water partition coefficient (Wildman–Crippen LogP) is 4.42. The minimum absolute atomic E-state index is 0.0137. The van der Waals surface area contributed by atoms with Crippen molar-refractivity contribution >= 4 is 58.2 Å². The predicted molar refractivity (Wildman–Crippen MR) is 114 cm³/mol. The summed E-state index contributed by atoms with van der Waals surface area (Å²) in [6.45, 7) is -0.456. The molecule has 0 atom stereocenters. The number of amides is 2. The van der Waals surface area contributed by atoms with E-state index in [1.807, 2.05) is 0 Å². The zero-order valence-electron chi connectivity index (χ0n) is 15.6. The monoisotopic (exact) mass is 481 g/mol. The highest BCUT2D eigenvalue weighted by Gasteiger charge is 2.35. The smallest absolute Gasteiger partial charge is 0.341 e. The maximum Gasteiger partial charge on any atom is 0.341 e. The molecule has 31 heavy (non-hydrogen) atoms. The lowest BCUT2D eigenvalue weighted by molar-refractivity contribution is -0.139. The lowest BCUT2D eigenvalue weighted by Crippen LogP contribution is -2.27. The summed E-state index contributed by atoms with van der Waals surface area (Å²) >= 11 is 13.2. The second-order valence-electron chi connectivity index (χ2n) is 6.44. The lowest BCUT2D eigenvalue weighted by atomic mass is 10.1. The first-order valence-electron chi connectivity index (χ1n) is 8.79. The summed E-state index contributed by atoms with van der Waals surface area (Å²) in [7, 11) is 0. The summed E-state index contributed by atoms with van der Waals surface area (Å²) in [5.74, 6) is -0.383. The fraction of sp³-hybridized carbons (Fsp3) is 0.150. The topological polar surface area (TPSA) is 102 Å². The molecular weight excluding hydrogens is 469 g/mol. The molecule has 2 heterocycles. The zero-order chi connectivity index (χ0) is 22.1. The molecule has 0 saturated carbocycles. The second kappa shape index (κ2) is 8.70. The average Bonchev–Trinajstić information content (AvgIpc) is 3.26. The number of hydrogen-bond donors (Lipinski definition) is 1. The van der Waals surface area contributed by atoms with E-state index in [0.717, 1.165) is 16.7 Å². The van der Waals surface area contributed by atoms with Crippen LogP contribution in [0, 0.1) is 0 Å².